The Kier molecular flexibility index (Phi) is 4.89. The minimum Gasteiger partial charge on any atom is -0.479 e. The largest absolute Gasteiger partial charge is 0.479 e. The van der Waals surface area contributed by atoms with E-state index in [-0.39, 0.29) is 22.9 Å². The number of carbonyl (C=O) groups is 4. The van der Waals surface area contributed by atoms with Crippen LogP contribution in [-0.4, -0.2) is 68.9 Å². The Morgan fingerprint density at radius 2 is 2.17 bits per heavy atom. The van der Waals surface area contributed by atoms with Crippen molar-refractivity contribution in [3.8, 4) is 0 Å². The fourth-order valence-corrected chi connectivity index (χ4v) is 3.45. The van der Waals surface area contributed by atoms with E-state index in [9.17, 15) is 24.3 Å². The molecule has 0 aliphatic carbocycles. The minimum absolute atomic E-state index is 0.221. The first-order valence-corrected chi connectivity index (χ1v) is 7.43. The number of thioether (sulfide) groups is 1. The van der Waals surface area contributed by atoms with Crippen molar-refractivity contribution in [1.29, 1.82) is 0 Å². The second-order valence-electron chi connectivity index (χ2n) is 4.67. The molecule has 124 valence electrons. The van der Waals surface area contributed by atoms with Crippen molar-refractivity contribution in [1.82, 2.24) is 10.2 Å². The first-order chi connectivity index (χ1) is 10.8. The van der Waals surface area contributed by atoms with Crippen LogP contribution in [0.5, 0.6) is 0 Å². The van der Waals surface area contributed by atoms with Crippen LogP contribution in [-0.2, 0) is 24.0 Å². The number of fused-ring (bicyclic) bond motifs is 1. The summed E-state index contributed by atoms with van der Waals surface area (Å²) < 4.78 is 0. The van der Waals surface area contributed by atoms with Crippen molar-refractivity contribution in [2.75, 3.05) is 12.4 Å². The minimum atomic E-state index is -1.32. The molecule has 3 N–H and O–H groups in total. The monoisotopic (exact) mass is 343 g/mol. The Hall–Kier alpha value is -2.56. The molecule has 10 nitrogen and oxygen atoms in total. The number of hydrogen-bond acceptors (Lipinski definition) is 7. The van der Waals surface area contributed by atoms with E-state index in [0.29, 0.717) is 0 Å². The second-order valence-corrected chi connectivity index (χ2v) is 5.77. The lowest BCUT2D eigenvalue weighted by molar-refractivity contribution is -0.150. The maximum Gasteiger partial charge on any atom is 0.353 e. The van der Waals surface area contributed by atoms with Crippen LogP contribution in [0.1, 0.15) is 6.92 Å². The second kappa shape index (κ2) is 6.69. The zero-order chi connectivity index (χ0) is 17.1. The highest BCUT2D eigenvalue weighted by Crippen LogP contribution is 2.39. The molecule has 2 amide bonds. The van der Waals surface area contributed by atoms with Gasteiger partial charge in [-0.3, -0.25) is 14.5 Å². The summed E-state index contributed by atoms with van der Waals surface area (Å²) in [5, 5.41) is 23.1. The van der Waals surface area contributed by atoms with Crippen LogP contribution in [0.2, 0.25) is 0 Å². The molecule has 0 aromatic heterocycles. The molecule has 0 radical (unpaired) electrons. The third-order valence-electron chi connectivity index (χ3n) is 3.03. The third-order valence-corrected chi connectivity index (χ3v) is 4.33. The van der Waals surface area contributed by atoms with E-state index in [1.165, 1.54) is 18.7 Å². The lowest BCUT2D eigenvalue weighted by atomic mass is 10.0. The summed E-state index contributed by atoms with van der Waals surface area (Å²) in [5.41, 5.74) is -0.0261. The number of rotatable bonds is 6. The van der Waals surface area contributed by atoms with Crippen molar-refractivity contribution in [2.24, 2.45) is 5.16 Å². The maximum atomic E-state index is 12.1. The van der Waals surface area contributed by atoms with E-state index in [2.05, 4.69) is 15.3 Å². The predicted octanol–water partition coefficient (Wildman–Crippen LogP) is -1.17. The van der Waals surface area contributed by atoms with E-state index in [1.54, 1.807) is 0 Å². The van der Waals surface area contributed by atoms with Gasteiger partial charge in [-0.1, -0.05) is 5.16 Å². The highest BCUT2D eigenvalue weighted by Gasteiger charge is 2.53. The smallest absolute Gasteiger partial charge is 0.353 e. The van der Waals surface area contributed by atoms with Gasteiger partial charge >= 0.3 is 11.9 Å². The zero-order valence-corrected chi connectivity index (χ0v) is 12.7. The summed E-state index contributed by atoms with van der Waals surface area (Å²) in [7, 11) is 0. The van der Waals surface area contributed by atoms with Crippen LogP contribution in [0.15, 0.2) is 16.4 Å². The fraction of sp³-hybridized carbons (Fsp3) is 0.417. The van der Waals surface area contributed by atoms with Gasteiger partial charge in [-0.25, -0.2) is 9.59 Å². The average Bonchev–Trinajstić information content (AvgIpc) is 2.47. The molecule has 11 heteroatoms. The zero-order valence-electron chi connectivity index (χ0n) is 11.9. The van der Waals surface area contributed by atoms with Gasteiger partial charge in [-0.2, -0.15) is 0 Å². The molecule has 2 heterocycles. The number of nitrogens with one attached hydrogen (secondary N) is 1. The molecule has 0 spiro atoms. The summed E-state index contributed by atoms with van der Waals surface area (Å²) >= 11 is 1.27. The van der Waals surface area contributed by atoms with Gasteiger partial charge in [-0.05, 0) is 0 Å². The van der Waals surface area contributed by atoms with Gasteiger partial charge in [0.15, 0.2) is 0 Å². The molecular formula is C12H13N3O7S. The van der Waals surface area contributed by atoms with E-state index >= 15 is 0 Å². The molecule has 0 aromatic rings. The van der Waals surface area contributed by atoms with Crippen LogP contribution in [0.25, 0.3) is 0 Å². The topological polar surface area (TPSA) is 146 Å². The Labute approximate surface area is 134 Å². The summed E-state index contributed by atoms with van der Waals surface area (Å²) in [6.07, 6.45) is 1.08. The molecule has 0 bridgehead atoms. The fourth-order valence-electron chi connectivity index (χ4n) is 2.15. The summed E-state index contributed by atoms with van der Waals surface area (Å²) in [5.74, 6) is -3.20. The molecule has 2 atom stereocenters. The highest BCUT2D eigenvalue weighted by molar-refractivity contribution is 8.00. The van der Waals surface area contributed by atoms with Crippen LogP contribution in [0, 0.1) is 0 Å². The highest BCUT2D eigenvalue weighted by atomic mass is 32.2. The number of carbonyl (C=O) groups excluding carboxylic acids is 2. The van der Waals surface area contributed by atoms with Crippen molar-refractivity contribution >= 4 is 41.7 Å². The van der Waals surface area contributed by atoms with Crippen molar-refractivity contribution < 1.29 is 34.2 Å². The van der Waals surface area contributed by atoms with Crippen LogP contribution < -0.4 is 5.32 Å². The molecule has 1 saturated heterocycles. The lowest BCUT2D eigenvalue weighted by Gasteiger charge is -2.49. The van der Waals surface area contributed by atoms with Gasteiger partial charge in [0.1, 0.15) is 17.1 Å². The van der Waals surface area contributed by atoms with E-state index in [4.69, 9.17) is 5.11 Å². The quantitative estimate of drug-likeness (QED) is 0.311. The van der Waals surface area contributed by atoms with Crippen LogP contribution >= 0.6 is 11.8 Å². The van der Waals surface area contributed by atoms with E-state index in [1.807, 2.05) is 0 Å². The number of oxime groups is 1. The van der Waals surface area contributed by atoms with Crippen molar-refractivity contribution in [3.63, 3.8) is 0 Å². The van der Waals surface area contributed by atoms with E-state index in [0.717, 1.165) is 11.1 Å². The van der Waals surface area contributed by atoms with Gasteiger partial charge in [-0.15, -0.1) is 11.8 Å². The number of nitrogens with zero attached hydrogens (tertiary/aromatic N) is 2. The molecule has 1 fully saturated rings. The van der Waals surface area contributed by atoms with Gasteiger partial charge < -0.3 is 20.4 Å². The van der Waals surface area contributed by atoms with Gasteiger partial charge in [0, 0.05) is 18.2 Å². The molecule has 23 heavy (non-hydrogen) atoms. The summed E-state index contributed by atoms with van der Waals surface area (Å²) in [6.45, 7) is 0.616. The molecule has 0 aromatic carbocycles. The number of β-lactam (4-membered cyclic amide) rings is 1. The lowest BCUT2D eigenvalue weighted by Crippen LogP contribution is -2.70. The molecular weight excluding hydrogens is 330 g/mol. The number of carboxylic acid groups (broad SMARTS) is 2. The molecule has 0 saturated carbocycles. The first kappa shape index (κ1) is 16.8. The number of aliphatic carboxylic acids is 2. The van der Waals surface area contributed by atoms with Gasteiger partial charge in [0.05, 0.1) is 6.21 Å². The molecule has 2 aliphatic rings. The number of carboxylic acids is 2. The Morgan fingerprint density at radius 3 is 2.74 bits per heavy atom. The Bertz CT molecular complexity index is 630. The normalized spacial score (nSPS) is 23.3. The Balaban J connectivity index is 2.17. The summed E-state index contributed by atoms with van der Waals surface area (Å²) in [4.78, 5) is 50.4. The maximum absolute atomic E-state index is 12.1. The van der Waals surface area contributed by atoms with Crippen LogP contribution in [0.4, 0.5) is 0 Å². The summed E-state index contributed by atoms with van der Waals surface area (Å²) in [6, 6.07) is -0.756. The number of hydrogen-bond donors (Lipinski definition) is 3. The average molecular weight is 343 g/mol. The first-order valence-electron chi connectivity index (χ1n) is 6.38. The van der Waals surface area contributed by atoms with Gasteiger partial charge in [0.2, 0.25) is 12.5 Å². The van der Waals surface area contributed by atoms with Gasteiger partial charge in [0.25, 0.3) is 5.91 Å². The molecule has 0 unspecified atom stereocenters. The standard InChI is InChI=1S/C12H13N3O7S/c1-5(16)14-8-10(19)15-9(12(20)21)6(4-23-11(8)15)2-13-22-3-7(17)18/h2,8,11H,3-4H2,1H3,(H,14,16)(H,17,18)(H,20,21)/t8-,11-/m1/s1. The number of amides is 2. The molecule has 2 aliphatic heterocycles. The van der Waals surface area contributed by atoms with Crippen LogP contribution in [0.3, 0.4) is 0 Å². The predicted molar refractivity (Wildman–Crippen MR) is 77.4 cm³/mol. The molecule has 2 rings (SSSR count). The van der Waals surface area contributed by atoms with Crippen molar-refractivity contribution in [2.45, 2.75) is 18.3 Å². The SMILES string of the molecule is CC(=O)N[C@@H]1C(=O)N2C(C(=O)O)=C(C=NOCC(=O)O)CS[C@H]12. The van der Waals surface area contributed by atoms with Crippen molar-refractivity contribution in [3.05, 3.63) is 11.3 Å². The third kappa shape index (κ3) is 3.44. The van der Waals surface area contributed by atoms with E-state index < -0.39 is 35.9 Å². The Morgan fingerprint density at radius 1 is 1.48 bits per heavy atom.